The fourth-order valence-electron chi connectivity index (χ4n) is 1.44. The first kappa shape index (κ1) is 17.1. The van der Waals surface area contributed by atoms with E-state index in [1.54, 1.807) is 0 Å². The number of thiol groups is 2. The van der Waals surface area contributed by atoms with Gasteiger partial charge < -0.3 is 9.84 Å². The molecule has 0 radical (unpaired) electrons. The first-order valence-corrected chi connectivity index (χ1v) is 7.35. The van der Waals surface area contributed by atoms with Crippen molar-refractivity contribution < 1.29 is 14.6 Å². The fraction of sp³-hybridized carbons (Fsp3) is 0.917. The summed E-state index contributed by atoms with van der Waals surface area (Å²) < 4.78 is 5.17. The van der Waals surface area contributed by atoms with Gasteiger partial charge in [0.05, 0.1) is 12.7 Å². The standard InChI is InChI=1S/C12H24O3S2/c1-3-5-6-9(4-2)7-15-12(14)11(17)10(13)8-16/h9-11,13,16-17H,3-8H2,1-2H3. The van der Waals surface area contributed by atoms with Gasteiger partial charge in [0.25, 0.3) is 0 Å². The van der Waals surface area contributed by atoms with Crippen LogP contribution in [0.4, 0.5) is 0 Å². The number of unbranched alkanes of at least 4 members (excludes halogenated alkanes) is 1. The Labute approximate surface area is 115 Å². The van der Waals surface area contributed by atoms with E-state index in [4.69, 9.17) is 4.74 Å². The van der Waals surface area contributed by atoms with Crippen molar-refractivity contribution in [1.82, 2.24) is 0 Å². The molecule has 0 amide bonds. The van der Waals surface area contributed by atoms with Crippen molar-refractivity contribution in [3.63, 3.8) is 0 Å². The van der Waals surface area contributed by atoms with Gasteiger partial charge in [0.1, 0.15) is 5.25 Å². The van der Waals surface area contributed by atoms with Gasteiger partial charge in [0, 0.05) is 5.75 Å². The first-order valence-electron chi connectivity index (χ1n) is 6.20. The lowest BCUT2D eigenvalue weighted by Gasteiger charge is -2.18. The second kappa shape index (κ2) is 10.1. The van der Waals surface area contributed by atoms with E-state index in [-0.39, 0.29) is 5.75 Å². The molecule has 0 aromatic rings. The highest BCUT2D eigenvalue weighted by molar-refractivity contribution is 7.82. The summed E-state index contributed by atoms with van der Waals surface area (Å²) in [5.41, 5.74) is 0. The van der Waals surface area contributed by atoms with E-state index in [2.05, 4.69) is 39.1 Å². The molecule has 0 rings (SSSR count). The number of hydrogen-bond acceptors (Lipinski definition) is 5. The third kappa shape index (κ3) is 7.21. The molecule has 3 atom stereocenters. The maximum atomic E-state index is 11.5. The summed E-state index contributed by atoms with van der Waals surface area (Å²) in [5.74, 6) is 0.161. The molecule has 5 heteroatoms. The van der Waals surface area contributed by atoms with Gasteiger partial charge >= 0.3 is 5.97 Å². The van der Waals surface area contributed by atoms with Gasteiger partial charge in [0.15, 0.2) is 0 Å². The lowest BCUT2D eigenvalue weighted by molar-refractivity contribution is -0.146. The molecule has 0 aliphatic carbocycles. The third-order valence-corrected chi connectivity index (χ3v) is 3.73. The van der Waals surface area contributed by atoms with Crippen LogP contribution in [0.25, 0.3) is 0 Å². The smallest absolute Gasteiger partial charge is 0.321 e. The molecule has 0 saturated heterocycles. The molecule has 102 valence electrons. The van der Waals surface area contributed by atoms with Crippen molar-refractivity contribution in [3.8, 4) is 0 Å². The quantitative estimate of drug-likeness (QED) is 0.449. The number of carbonyl (C=O) groups excluding carboxylic acids is 1. The van der Waals surface area contributed by atoms with E-state index in [1.807, 2.05) is 0 Å². The van der Waals surface area contributed by atoms with Gasteiger partial charge in [-0.3, -0.25) is 4.79 Å². The summed E-state index contributed by atoms with van der Waals surface area (Å²) in [7, 11) is 0. The van der Waals surface area contributed by atoms with Gasteiger partial charge in [0.2, 0.25) is 0 Å². The first-order chi connectivity index (χ1) is 8.06. The molecule has 0 aliphatic heterocycles. The minimum atomic E-state index is -0.857. The Morgan fingerprint density at radius 3 is 2.53 bits per heavy atom. The summed E-state index contributed by atoms with van der Waals surface area (Å²) >= 11 is 7.94. The van der Waals surface area contributed by atoms with Crippen LogP contribution in [0.3, 0.4) is 0 Å². The number of carbonyl (C=O) groups is 1. The topological polar surface area (TPSA) is 46.5 Å². The van der Waals surface area contributed by atoms with Crippen molar-refractivity contribution in [2.75, 3.05) is 12.4 Å². The summed E-state index contributed by atoms with van der Waals surface area (Å²) in [6.07, 6.45) is 3.52. The molecule has 3 nitrogen and oxygen atoms in total. The molecule has 0 aliphatic rings. The van der Waals surface area contributed by atoms with Crippen LogP contribution in [-0.4, -0.2) is 34.8 Å². The van der Waals surface area contributed by atoms with Crippen LogP contribution >= 0.6 is 25.3 Å². The molecule has 0 bridgehead atoms. The number of hydrogen-bond donors (Lipinski definition) is 3. The highest BCUT2D eigenvalue weighted by Crippen LogP contribution is 2.14. The van der Waals surface area contributed by atoms with E-state index >= 15 is 0 Å². The molecule has 0 heterocycles. The predicted octanol–water partition coefficient (Wildman–Crippen LogP) is 2.34. The monoisotopic (exact) mass is 280 g/mol. The fourth-order valence-corrected chi connectivity index (χ4v) is 2.00. The second-order valence-electron chi connectivity index (χ2n) is 4.24. The molecule has 1 N–H and O–H groups in total. The Bertz CT molecular complexity index is 212. The molecule has 17 heavy (non-hydrogen) atoms. The average molecular weight is 280 g/mol. The summed E-state index contributed by atoms with van der Waals surface area (Å²) in [5, 5.41) is 8.61. The number of aliphatic hydroxyl groups excluding tert-OH is 1. The van der Waals surface area contributed by atoms with Crippen molar-refractivity contribution in [2.45, 2.75) is 50.9 Å². The lowest BCUT2D eigenvalue weighted by Crippen LogP contribution is -2.33. The minimum absolute atomic E-state index is 0.205. The number of ether oxygens (including phenoxy) is 1. The Morgan fingerprint density at radius 1 is 1.41 bits per heavy atom. The van der Waals surface area contributed by atoms with E-state index in [9.17, 15) is 9.90 Å². The zero-order valence-corrected chi connectivity index (χ0v) is 12.4. The lowest BCUT2D eigenvalue weighted by atomic mass is 10.0. The van der Waals surface area contributed by atoms with Crippen LogP contribution in [0.2, 0.25) is 0 Å². The van der Waals surface area contributed by atoms with Crippen LogP contribution in [0.1, 0.15) is 39.5 Å². The maximum Gasteiger partial charge on any atom is 0.321 e. The van der Waals surface area contributed by atoms with Crippen LogP contribution in [0, 0.1) is 5.92 Å². The largest absolute Gasteiger partial charge is 0.465 e. The molecule has 0 spiro atoms. The van der Waals surface area contributed by atoms with Gasteiger partial charge in [-0.2, -0.15) is 25.3 Å². The van der Waals surface area contributed by atoms with Crippen molar-refractivity contribution in [2.24, 2.45) is 5.92 Å². The Kier molecular flexibility index (Phi) is 10.2. The Morgan fingerprint density at radius 2 is 2.06 bits per heavy atom. The molecule has 0 fully saturated rings. The predicted molar refractivity (Wildman–Crippen MR) is 76.9 cm³/mol. The molecule has 3 unspecified atom stereocenters. The van der Waals surface area contributed by atoms with E-state index < -0.39 is 17.3 Å². The highest BCUT2D eigenvalue weighted by Gasteiger charge is 2.24. The highest BCUT2D eigenvalue weighted by atomic mass is 32.1. The SMILES string of the molecule is CCCCC(CC)COC(=O)C(S)C(O)CS. The molecule has 0 aromatic carbocycles. The molecular weight excluding hydrogens is 256 g/mol. The summed E-state index contributed by atoms with van der Waals surface area (Å²) in [4.78, 5) is 11.5. The van der Waals surface area contributed by atoms with Gasteiger partial charge in [-0.25, -0.2) is 0 Å². The van der Waals surface area contributed by atoms with E-state index in [1.165, 1.54) is 0 Å². The summed E-state index contributed by atoms with van der Waals surface area (Å²) in [6, 6.07) is 0. The van der Waals surface area contributed by atoms with Crippen LogP contribution < -0.4 is 0 Å². The van der Waals surface area contributed by atoms with Gasteiger partial charge in [-0.15, -0.1) is 0 Å². The number of rotatable bonds is 9. The molecule has 0 aromatic heterocycles. The normalized spacial score (nSPS) is 16.3. The second-order valence-corrected chi connectivity index (χ2v) is 5.16. The van der Waals surface area contributed by atoms with E-state index in [0.717, 1.165) is 25.7 Å². The average Bonchev–Trinajstić information content (AvgIpc) is 2.36. The van der Waals surface area contributed by atoms with Crippen LogP contribution in [0.15, 0.2) is 0 Å². The van der Waals surface area contributed by atoms with Gasteiger partial charge in [-0.1, -0.05) is 33.1 Å². The van der Waals surface area contributed by atoms with Crippen molar-refractivity contribution in [1.29, 1.82) is 0 Å². The molecule has 0 saturated carbocycles. The summed E-state index contributed by atoms with van der Waals surface area (Å²) in [6.45, 7) is 4.66. The zero-order chi connectivity index (χ0) is 13.3. The minimum Gasteiger partial charge on any atom is -0.465 e. The number of esters is 1. The Balaban J connectivity index is 3.95. The Hall–Kier alpha value is 0.130. The number of aliphatic hydroxyl groups is 1. The van der Waals surface area contributed by atoms with E-state index in [0.29, 0.717) is 12.5 Å². The third-order valence-electron chi connectivity index (χ3n) is 2.80. The van der Waals surface area contributed by atoms with Gasteiger partial charge in [-0.05, 0) is 12.3 Å². The zero-order valence-electron chi connectivity index (χ0n) is 10.6. The molecular formula is C12H24O3S2. The maximum absolute atomic E-state index is 11.5. The van der Waals surface area contributed by atoms with Crippen molar-refractivity contribution >= 4 is 31.2 Å². The van der Waals surface area contributed by atoms with Crippen LogP contribution in [-0.2, 0) is 9.53 Å². The van der Waals surface area contributed by atoms with Crippen molar-refractivity contribution in [3.05, 3.63) is 0 Å². The van der Waals surface area contributed by atoms with Crippen LogP contribution in [0.5, 0.6) is 0 Å².